The Kier molecular flexibility index (Phi) is 7.08. The van der Waals surface area contributed by atoms with Crippen LogP contribution in [0.2, 0.25) is 5.02 Å². The van der Waals surface area contributed by atoms with Crippen molar-refractivity contribution >= 4 is 23.1 Å². The fourth-order valence-electron chi connectivity index (χ4n) is 4.25. The molecule has 2 fully saturated rings. The zero-order chi connectivity index (χ0) is 20.9. The van der Waals surface area contributed by atoms with Gasteiger partial charge in [-0.3, -0.25) is 0 Å². The minimum atomic E-state index is -0.297. The van der Waals surface area contributed by atoms with Gasteiger partial charge in [-0.2, -0.15) is 0 Å². The number of aromatic nitrogens is 1. The van der Waals surface area contributed by atoms with Crippen LogP contribution in [0.4, 0.5) is 15.9 Å². The molecule has 1 saturated heterocycles. The summed E-state index contributed by atoms with van der Waals surface area (Å²) in [4.78, 5) is 4.40. The molecule has 2 aromatic rings. The van der Waals surface area contributed by atoms with Gasteiger partial charge in [-0.15, -0.1) is 0 Å². The molecule has 1 aliphatic heterocycles. The summed E-state index contributed by atoms with van der Waals surface area (Å²) in [5.41, 5.74) is 8.02. The lowest BCUT2D eigenvalue weighted by molar-refractivity contribution is 0.0699. The molecule has 0 unspecified atom stereocenters. The normalized spacial score (nSPS) is 22.6. The third-order valence-corrected chi connectivity index (χ3v) is 6.47. The predicted molar refractivity (Wildman–Crippen MR) is 121 cm³/mol. The molecule has 0 bridgehead atoms. The van der Waals surface area contributed by atoms with Gasteiger partial charge in [0, 0.05) is 54.9 Å². The molecule has 162 valence electrons. The zero-order valence-electron chi connectivity index (χ0n) is 17.2. The van der Waals surface area contributed by atoms with Crippen molar-refractivity contribution < 1.29 is 9.13 Å². The molecular formula is C23H30ClFN4O. The van der Waals surface area contributed by atoms with Crippen molar-refractivity contribution in [2.75, 3.05) is 30.4 Å². The van der Waals surface area contributed by atoms with Crippen molar-refractivity contribution in [2.45, 2.75) is 50.6 Å². The van der Waals surface area contributed by atoms with E-state index in [9.17, 15) is 4.39 Å². The number of benzene rings is 1. The quantitative estimate of drug-likeness (QED) is 0.595. The number of hydrogen-bond acceptors (Lipinski definition) is 5. The summed E-state index contributed by atoms with van der Waals surface area (Å²) in [5.74, 6) is 1.00. The topological polar surface area (TPSA) is 72.2 Å². The fourth-order valence-corrected chi connectivity index (χ4v) is 4.46. The SMILES string of the molecule is N[C@H]1CC[C@H](Nc2cc(-c3cc(NCC4CCOCC4)ccc3F)c(Cl)cn2)CC1. The molecule has 30 heavy (non-hydrogen) atoms. The van der Waals surface area contributed by atoms with Crippen LogP contribution in [0, 0.1) is 11.7 Å². The van der Waals surface area contributed by atoms with E-state index in [-0.39, 0.29) is 5.82 Å². The van der Waals surface area contributed by atoms with E-state index >= 15 is 0 Å². The van der Waals surface area contributed by atoms with E-state index in [0.29, 0.717) is 34.2 Å². The Morgan fingerprint density at radius 1 is 1.07 bits per heavy atom. The lowest BCUT2D eigenvalue weighted by Gasteiger charge is -2.27. The van der Waals surface area contributed by atoms with Crippen LogP contribution < -0.4 is 16.4 Å². The van der Waals surface area contributed by atoms with Gasteiger partial charge in [0.25, 0.3) is 0 Å². The van der Waals surface area contributed by atoms with Crippen LogP contribution in [-0.2, 0) is 4.74 Å². The van der Waals surface area contributed by atoms with Crippen LogP contribution >= 0.6 is 11.6 Å². The summed E-state index contributed by atoms with van der Waals surface area (Å²) >= 11 is 6.41. The number of nitrogens with two attached hydrogens (primary N) is 1. The van der Waals surface area contributed by atoms with Crippen LogP contribution in [0.3, 0.4) is 0 Å². The maximum atomic E-state index is 14.7. The average Bonchev–Trinajstić information content (AvgIpc) is 2.77. The average molecular weight is 433 g/mol. The molecule has 5 nitrogen and oxygen atoms in total. The summed E-state index contributed by atoms with van der Waals surface area (Å²) in [6, 6.07) is 7.58. The maximum absolute atomic E-state index is 14.7. The van der Waals surface area contributed by atoms with Gasteiger partial charge >= 0.3 is 0 Å². The Bertz CT molecular complexity index is 851. The Balaban J connectivity index is 1.49. The Morgan fingerprint density at radius 2 is 1.83 bits per heavy atom. The van der Waals surface area contributed by atoms with Gasteiger partial charge in [-0.1, -0.05) is 11.6 Å². The minimum absolute atomic E-state index is 0.294. The lowest BCUT2D eigenvalue weighted by Crippen LogP contribution is -2.33. The molecule has 1 aromatic heterocycles. The van der Waals surface area contributed by atoms with E-state index in [4.69, 9.17) is 22.1 Å². The van der Waals surface area contributed by atoms with Crippen LogP contribution in [0.1, 0.15) is 38.5 Å². The van der Waals surface area contributed by atoms with E-state index in [1.165, 1.54) is 6.07 Å². The van der Waals surface area contributed by atoms with Crippen molar-refractivity contribution in [1.29, 1.82) is 0 Å². The number of nitrogens with one attached hydrogen (secondary N) is 2. The molecule has 4 rings (SSSR count). The van der Waals surface area contributed by atoms with E-state index in [1.54, 1.807) is 12.3 Å². The summed E-state index contributed by atoms with van der Waals surface area (Å²) in [6.07, 6.45) is 7.74. The second-order valence-electron chi connectivity index (χ2n) is 8.44. The van der Waals surface area contributed by atoms with E-state index in [0.717, 1.165) is 69.8 Å². The fraction of sp³-hybridized carbons (Fsp3) is 0.522. The maximum Gasteiger partial charge on any atom is 0.131 e. The largest absolute Gasteiger partial charge is 0.385 e. The molecule has 2 aliphatic rings. The third-order valence-electron chi connectivity index (χ3n) is 6.17. The van der Waals surface area contributed by atoms with Crippen molar-refractivity contribution in [3.05, 3.63) is 41.3 Å². The lowest BCUT2D eigenvalue weighted by atomic mass is 9.92. The van der Waals surface area contributed by atoms with E-state index in [1.807, 2.05) is 12.1 Å². The van der Waals surface area contributed by atoms with E-state index < -0.39 is 0 Å². The summed E-state index contributed by atoms with van der Waals surface area (Å²) in [6.45, 7) is 2.49. The first-order valence-corrected chi connectivity index (χ1v) is 11.3. The van der Waals surface area contributed by atoms with Crippen LogP contribution in [0.25, 0.3) is 11.1 Å². The first-order valence-electron chi connectivity index (χ1n) is 10.9. The van der Waals surface area contributed by atoms with E-state index in [2.05, 4.69) is 15.6 Å². The number of pyridine rings is 1. The number of anilines is 2. The first kappa shape index (κ1) is 21.3. The molecule has 0 radical (unpaired) electrons. The summed E-state index contributed by atoms with van der Waals surface area (Å²) in [7, 11) is 0. The number of rotatable bonds is 6. The highest BCUT2D eigenvalue weighted by Gasteiger charge is 2.20. The highest BCUT2D eigenvalue weighted by molar-refractivity contribution is 6.33. The Hall–Kier alpha value is -1.89. The second kappa shape index (κ2) is 9.94. The number of halogens is 2. The van der Waals surface area contributed by atoms with Gasteiger partial charge in [-0.05, 0) is 68.7 Å². The molecular weight excluding hydrogens is 403 g/mol. The molecule has 1 saturated carbocycles. The predicted octanol–water partition coefficient (Wildman–Crippen LogP) is 5.06. The molecule has 1 aliphatic carbocycles. The number of ether oxygens (including phenoxy) is 1. The molecule has 1 aromatic carbocycles. The van der Waals surface area contributed by atoms with Crippen molar-refractivity contribution in [3.8, 4) is 11.1 Å². The highest BCUT2D eigenvalue weighted by atomic mass is 35.5. The van der Waals surface area contributed by atoms with Gasteiger partial charge in [0.2, 0.25) is 0 Å². The highest BCUT2D eigenvalue weighted by Crippen LogP contribution is 2.34. The Morgan fingerprint density at radius 3 is 2.60 bits per heavy atom. The second-order valence-corrected chi connectivity index (χ2v) is 8.84. The number of nitrogens with zero attached hydrogens (tertiary/aromatic N) is 1. The first-order chi connectivity index (χ1) is 14.6. The van der Waals surface area contributed by atoms with Crippen molar-refractivity contribution in [2.24, 2.45) is 11.7 Å². The molecule has 2 heterocycles. The molecule has 7 heteroatoms. The smallest absolute Gasteiger partial charge is 0.131 e. The van der Waals surface area contributed by atoms with Crippen LogP contribution in [0.5, 0.6) is 0 Å². The zero-order valence-corrected chi connectivity index (χ0v) is 17.9. The van der Waals surface area contributed by atoms with Crippen LogP contribution in [0.15, 0.2) is 30.5 Å². The van der Waals surface area contributed by atoms with Gasteiger partial charge in [0.1, 0.15) is 11.6 Å². The van der Waals surface area contributed by atoms with Gasteiger partial charge < -0.3 is 21.1 Å². The van der Waals surface area contributed by atoms with Crippen molar-refractivity contribution in [1.82, 2.24) is 4.98 Å². The standard InChI is InChI=1S/C23H30ClFN4O/c24-21-14-28-23(29-17-3-1-16(26)2-4-17)12-19(21)20-11-18(5-6-22(20)25)27-13-15-7-9-30-10-8-15/h5-6,11-12,14-17,27H,1-4,7-10,13,26H2,(H,28,29)/t16-,17-. The van der Waals surface area contributed by atoms with Gasteiger partial charge in [-0.25, -0.2) is 9.37 Å². The Labute approximate surface area is 182 Å². The number of hydrogen-bond donors (Lipinski definition) is 3. The molecule has 0 amide bonds. The van der Waals surface area contributed by atoms with Crippen LogP contribution in [-0.4, -0.2) is 36.8 Å². The summed E-state index contributed by atoms with van der Waals surface area (Å²) in [5, 5.41) is 7.35. The minimum Gasteiger partial charge on any atom is -0.385 e. The van der Waals surface area contributed by atoms with Gasteiger partial charge in [0.15, 0.2) is 0 Å². The molecule has 0 spiro atoms. The summed E-state index contributed by atoms with van der Waals surface area (Å²) < 4.78 is 20.1. The molecule has 4 N–H and O–H groups in total. The van der Waals surface area contributed by atoms with Gasteiger partial charge in [0.05, 0.1) is 5.02 Å². The monoisotopic (exact) mass is 432 g/mol. The van der Waals surface area contributed by atoms with Crippen molar-refractivity contribution in [3.63, 3.8) is 0 Å². The molecule has 0 atom stereocenters. The third kappa shape index (κ3) is 5.42.